The predicted molar refractivity (Wildman–Crippen MR) is 348 cm³/mol. The summed E-state index contributed by atoms with van der Waals surface area (Å²) < 4.78 is 17.0. The molecule has 6 nitrogen and oxygen atoms in total. The number of rotatable bonds is 63. The standard InChI is InChI=1S/C74H130O6/c1-4-7-10-13-16-19-22-25-28-30-32-34-35-36-37-38-39-41-42-44-46-49-52-55-58-61-64-67-73(76)79-70-71(69-78-72(75)66-63-60-57-54-51-48-27-24-21-18-15-12-9-6-3)80-74(77)68-65-62-59-56-53-50-47-45-43-40-33-31-29-26-23-20-17-14-11-8-5-2/h8,11,17,20,22,24-27,29-30,32-33,40,71H,4-7,9-10,12-16,18-19,21,23,28,31,34-39,41-70H2,1-3H3/b11-8-,20-17-,25-22-,27-24-,29-26-,32-30-,40-33-. The number of hydrogen-bond acceptors (Lipinski definition) is 6. The first-order valence-corrected chi connectivity index (χ1v) is 34.6. The third-order valence-electron chi connectivity index (χ3n) is 15.1. The minimum atomic E-state index is -0.786. The highest BCUT2D eigenvalue weighted by atomic mass is 16.6. The number of carbonyl (C=O) groups excluding carboxylic acids is 3. The fourth-order valence-corrected chi connectivity index (χ4v) is 9.93. The summed E-state index contributed by atoms with van der Waals surface area (Å²) in [6.07, 6.45) is 90.3. The molecule has 6 heteroatoms. The van der Waals surface area contributed by atoms with Gasteiger partial charge in [0.1, 0.15) is 13.2 Å². The Balaban J connectivity index is 4.29. The van der Waals surface area contributed by atoms with Crippen LogP contribution in [0.1, 0.15) is 348 Å². The Hall–Kier alpha value is -3.41. The lowest BCUT2D eigenvalue weighted by atomic mass is 10.0. The first-order chi connectivity index (χ1) is 39.5. The second kappa shape index (κ2) is 68.1. The molecule has 0 aliphatic rings. The molecule has 462 valence electrons. The van der Waals surface area contributed by atoms with Gasteiger partial charge in [0, 0.05) is 19.3 Å². The van der Waals surface area contributed by atoms with Crippen LogP contribution in [0.4, 0.5) is 0 Å². The van der Waals surface area contributed by atoms with E-state index < -0.39 is 6.10 Å². The van der Waals surface area contributed by atoms with Gasteiger partial charge in [0.05, 0.1) is 0 Å². The Kier molecular flexibility index (Phi) is 65.2. The van der Waals surface area contributed by atoms with Crippen LogP contribution in [0.2, 0.25) is 0 Å². The van der Waals surface area contributed by atoms with Crippen molar-refractivity contribution in [2.24, 2.45) is 0 Å². The lowest BCUT2D eigenvalue weighted by Crippen LogP contribution is -2.30. The molecule has 0 rings (SSSR count). The topological polar surface area (TPSA) is 78.9 Å². The van der Waals surface area contributed by atoms with Crippen LogP contribution >= 0.6 is 0 Å². The van der Waals surface area contributed by atoms with Gasteiger partial charge in [0.25, 0.3) is 0 Å². The van der Waals surface area contributed by atoms with E-state index in [0.29, 0.717) is 19.3 Å². The van der Waals surface area contributed by atoms with E-state index in [9.17, 15) is 14.4 Å². The van der Waals surface area contributed by atoms with Crippen LogP contribution in [0.15, 0.2) is 85.1 Å². The van der Waals surface area contributed by atoms with E-state index in [4.69, 9.17) is 14.2 Å². The number of carbonyl (C=O) groups is 3. The molecule has 0 saturated carbocycles. The Bertz CT molecular complexity index is 1520. The molecule has 1 unspecified atom stereocenters. The first-order valence-electron chi connectivity index (χ1n) is 34.6. The molecule has 0 aromatic heterocycles. The van der Waals surface area contributed by atoms with E-state index in [1.165, 1.54) is 205 Å². The zero-order valence-electron chi connectivity index (χ0n) is 53.1. The van der Waals surface area contributed by atoms with Crippen molar-refractivity contribution in [1.82, 2.24) is 0 Å². The third-order valence-corrected chi connectivity index (χ3v) is 15.1. The number of hydrogen-bond donors (Lipinski definition) is 0. The molecular weight excluding hydrogens is 985 g/mol. The molecule has 0 aliphatic carbocycles. The maximum absolute atomic E-state index is 12.9. The molecule has 0 N–H and O–H groups in total. The van der Waals surface area contributed by atoms with Crippen LogP contribution < -0.4 is 0 Å². The van der Waals surface area contributed by atoms with Crippen molar-refractivity contribution in [3.8, 4) is 0 Å². The largest absolute Gasteiger partial charge is 0.462 e. The smallest absolute Gasteiger partial charge is 0.306 e. The lowest BCUT2D eigenvalue weighted by Gasteiger charge is -2.18. The van der Waals surface area contributed by atoms with Gasteiger partial charge in [0.2, 0.25) is 0 Å². The van der Waals surface area contributed by atoms with Crippen molar-refractivity contribution in [1.29, 1.82) is 0 Å². The van der Waals surface area contributed by atoms with Gasteiger partial charge >= 0.3 is 17.9 Å². The molecule has 0 fully saturated rings. The minimum absolute atomic E-state index is 0.0803. The Morgan fingerprint density at radius 1 is 0.263 bits per heavy atom. The highest BCUT2D eigenvalue weighted by Crippen LogP contribution is 2.17. The second-order valence-corrected chi connectivity index (χ2v) is 23.1. The monoisotopic (exact) mass is 1110 g/mol. The Morgan fingerprint density at radius 2 is 0.487 bits per heavy atom. The summed E-state index contributed by atoms with van der Waals surface area (Å²) in [7, 11) is 0. The van der Waals surface area contributed by atoms with Gasteiger partial charge < -0.3 is 14.2 Å². The third kappa shape index (κ3) is 65.4. The molecule has 0 heterocycles. The average molecular weight is 1120 g/mol. The summed E-state index contributed by atoms with van der Waals surface area (Å²) in [5.41, 5.74) is 0. The number of allylic oxidation sites excluding steroid dienone is 14. The van der Waals surface area contributed by atoms with Gasteiger partial charge in [-0.25, -0.2) is 0 Å². The maximum Gasteiger partial charge on any atom is 0.306 e. The summed E-state index contributed by atoms with van der Waals surface area (Å²) in [4.78, 5) is 38.4. The van der Waals surface area contributed by atoms with E-state index >= 15 is 0 Å². The molecule has 0 aliphatic heterocycles. The molecule has 0 spiro atoms. The van der Waals surface area contributed by atoms with Gasteiger partial charge in [-0.05, 0) is 116 Å². The Labute approximate surface area is 496 Å². The van der Waals surface area contributed by atoms with Crippen molar-refractivity contribution in [2.75, 3.05) is 13.2 Å². The molecule has 0 saturated heterocycles. The molecule has 0 radical (unpaired) electrons. The maximum atomic E-state index is 12.9. The summed E-state index contributed by atoms with van der Waals surface area (Å²) in [6, 6.07) is 0. The highest BCUT2D eigenvalue weighted by Gasteiger charge is 2.19. The Morgan fingerprint density at radius 3 is 0.775 bits per heavy atom. The summed E-state index contributed by atoms with van der Waals surface area (Å²) >= 11 is 0. The number of esters is 3. The first kappa shape index (κ1) is 76.6. The molecule has 0 amide bonds. The van der Waals surface area contributed by atoms with Gasteiger partial charge in [0.15, 0.2) is 6.10 Å². The van der Waals surface area contributed by atoms with E-state index in [1.807, 2.05) is 0 Å². The highest BCUT2D eigenvalue weighted by molar-refractivity contribution is 5.71. The van der Waals surface area contributed by atoms with E-state index in [2.05, 4.69) is 106 Å². The molecule has 0 aromatic carbocycles. The molecule has 1 atom stereocenters. The van der Waals surface area contributed by atoms with E-state index in [1.54, 1.807) is 0 Å². The number of unbranched alkanes of at least 4 members (excludes halogenated alkanes) is 38. The van der Waals surface area contributed by atoms with Crippen molar-refractivity contribution >= 4 is 17.9 Å². The van der Waals surface area contributed by atoms with Crippen LogP contribution in [-0.4, -0.2) is 37.2 Å². The summed E-state index contributed by atoms with van der Waals surface area (Å²) in [5, 5.41) is 0. The van der Waals surface area contributed by atoms with Crippen LogP contribution in [0.25, 0.3) is 0 Å². The lowest BCUT2D eigenvalue weighted by molar-refractivity contribution is -0.167. The van der Waals surface area contributed by atoms with Crippen molar-refractivity contribution in [3.05, 3.63) is 85.1 Å². The van der Waals surface area contributed by atoms with Gasteiger partial charge in [-0.1, -0.05) is 298 Å². The van der Waals surface area contributed by atoms with E-state index in [-0.39, 0.29) is 31.1 Å². The minimum Gasteiger partial charge on any atom is -0.462 e. The normalized spacial score (nSPS) is 12.6. The number of ether oxygens (including phenoxy) is 3. The predicted octanol–water partition coefficient (Wildman–Crippen LogP) is 23.8. The van der Waals surface area contributed by atoms with Crippen molar-refractivity contribution < 1.29 is 28.6 Å². The van der Waals surface area contributed by atoms with Gasteiger partial charge in [-0.2, -0.15) is 0 Å². The van der Waals surface area contributed by atoms with E-state index in [0.717, 1.165) is 103 Å². The SMILES string of the molecule is CC/C=C\C/C=C\C/C=C\C/C=C\CCCCCCCCCCC(=O)OC(COC(=O)CCCCCCC/C=C\CCCCCCC)COC(=O)CCCCCCCCCCCCCCCCC/C=C\C/C=C\CCCCCCC. The molecule has 0 aromatic rings. The van der Waals surface area contributed by atoms with Gasteiger partial charge in [-0.3, -0.25) is 14.4 Å². The fraction of sp³-hybridized carbons (Fsp3) is 0.770. The van der Waals surface area contributed by atoms with Crippen LogP contribution in [0.5, 0.6) is 0 Å². The van der Waals surface area contributed by atoms with Crippen LogP contribution in [-0.2, 0) is 28.6 Å². The molecular formula is C74H130O6. The zero-order valence-corrected chi connectivity index (χ0v) is 53.1. The van der Waals surface area contributed by atoms with Crippen molar-refractivity contribution in [3.63, 3.8) is 0 Å². The van der Waals surface area contributed by atoms with Crippen LogP contribution in [0, 0.1) is 0 Å². The summed E-state index contributed by atoms with van der Waals surface area (Å²) in [5.74, 6) is -0.881. The quantitative estimate of drug-likeness (QED) is 0.0261. The summed E-state index contributed by atoms with van der Waals surface area (Å²) in [6.45, 7) is 6.54. The van der Waals surface area contributed by atoms with Gasteiger partial charge in [-0.15, -0.1) is 0 Å². The molecule has 0 bridgehead atoms. The fourth-order valence-electron chi connectivity index (χ4n) is 9.93. The molecule has 80 heavy (non-hydrogen) atoms. The van der Waals surface area contributed by atoms with Crippen molar-refractivity contribution in [2.45, 2.75) is 354 Å². The average Bonchev–Trinajstić information content (AvgIpc) is 3.46. The second-order valence-electron chi connectivity index (χ2n) is 23.1. The zero-order chi connectivity index (χ0) is 57.8. The van der Waals surface area contributed by atoms with Crippen LogP contribution in [0.3, 0.4) is 0 Å².